The van der Waals surface area contributed by atoms with Crippen LogP contribution < -0.4 is 15.8 Å². The number of methoxy groups -OCH3 is 1. The van der Waals surface area contributed by atoms with Gasteiger partial charge in [0.05, 0.1) is 18.3 Å². The quantitative estimate of drug-likeness (QED) is 0.307. The summed E-state index contributed by atoms with van der Waals surface area (Å²) in [4.78, 5) is 7.49. The number of pyridine rings is 1. The first-order valence-corrected chi connectivity index (χ1v) is 12.0. The lowest BCUT2D eigenvalue weighted by molar-refractivity contribution is 0.225. The van der Waals surface area contributed by atoms with Crippen LogP contribution in [0.15, 0.2) is 54.6 Å². The van der Waals surface area contributed by atoms with E-state index in [0.717, 1.165) is 53.0 Å². The van der Waals surface area contributed by atoms with Gasteiger partial charge in [0.1, 0.15) is 5.75 Å². The van der Waals surface area contributed by atoms with Crippen molar-refractivity contribution in [2.75, 3.05) is 39.8 Å². The Morgan fingerprint density at radius 3 is 2.40 bits per heavy atom. The number of para-hydroxylation sites is 1. The van der Waals surface area contributed by atoms with Crippen LogP contribution >= 0.6 is 37.2 Å². The van der Waals surface area contributed by atoms with Gasteiger partial charge in [-0.05, 0) is 100 Å². The third kappa shape index (κ3) is 8.78. The van der Waals surface area contributed by atoms with Crippen LogP contribution in [0.25, 0.3) is 22.2 Å². The molecule has 0 aliphatic carbocycles. The monoisotopic (exact) mass is 540 g/mol. The number of fused-ring (bicyclic) bond motifs is 1. The van der Waals surface area contributed by atoms with Crippen LogP contribution in [0.4, 0.5) is 0 Å². The average molecular weight is 542 g/mol. The number of halogens is 3. The molecule has 1 aliphatic rings. The van der Waals surface area contributed by atoms with Gasteiger partial charge in [-0.3, -0.25) is 0 Å². The van der Waals surface area contributed by atoms with Gasteiger partial charge in [0.15, 0.2) is 0 Å². The molecule has 0 spiro atoms. The van der Waals surface area contributed by atoms with Crippen molar-refractivity contribution in [3.05, 3.63) is 60.2 Å². The molecule has 2 heterocycles. The zero-order valence-electron chi connectivity index (χ0n) is 20.4. The minimum atomic E-state index is -0.0329. The van der Waals surface area contributed by atoms with E-state index in [1.807, 2.05) is 18.2 Å². The molecule has 1 saturated heterocycles. The van der Waals surface area contributed by atoms with Crippen molar-refractivity contribution in [2.24, 2.45) is 5.73 Å². The normalized spacial score (nSPS) is 14.3. The number of rotatable bonds is 10. The Hall–Kier alpha value is -1.60. The summed E-state index contributed by atoms with van der Waals surface area (Å²) in [6, 6.07) is 18.5. The van der Waals surface area contributed by atoms with Gasteiger partial charge in [-0.1, -0.05) is 24.6 Å². The van der Waals surface area contributed by atoms with Gasteiger partial charge in [-0.2, -0.15) is 0 Å². The molecule has 4 rings (SSSR count). The largest absolute Gasteiger partial charge is 0.497 e. The number of ether oxygens (including phenoxy) is 1. The van der Waals surface area contributed by atoms with Crippen LogP contribution in [-0.4, -0.2) is 49.7 Å². The average Bonchev–Trinajstić information content (AvgIpc) is 2.86. The van der Waals surface area contributed by atoms with E-state index >= 15 is 0 Å². The molecule has 1 atom stereocenters. The van der Waals surface area contributed by atoms with E-state index in [4.69, 9.17) is 15.5 Å². The SMILES string of the molecule is COc1ccc(-c2cc(C(N)CCNCCCN3CCCCC3)c3ccccc3n2)cc1.Cl.Cl.Cl. The van der Waals surface area contributed by atoms with E-state index < -0.39 is 0 Å². The topological polar surface area (TPSA) is 63.4 Å². The van der Waals surface area contributed by atoms with Gasteiger partial charge in [-0.15, -0.1) is 37.2 Å². The molecule has 2 aromatic carbocycles. The fraction of sp³-hybridized carbons (Fsp3) is 0.444. The zero-order chi connectivity index (χ0) is 22.2. The summed E-state index contributed by atoms with van der Waals surface area (Å²) in [5.41, 5.74) is 10.9. The van der Waals surface area contributed by atoms with E-state index in [-0.39, 0.29) is 43.3 Å². The summed E-state index contributed by atoms with van der Waals surface area (Å²) >= 11 is 0. The molecule has 3 aromatic rings. The first-order valence-electron chi connectivity index (χ1n) is 12.0. The Morgan fingerprint density at radius 2 is 1.69 bits per heavy atom. The maximum atomic E-state index is 6.69. The van der Waals surface area contributed by atoms with Crippen LogP contribution in [-0.2, 0) is 0 Å². The lowest BCUT2D eigenvalue weighted by Crippen LogP contribution is -2.32. The highest BCUT2D eigenvalue weighted by atomic mass is 35.5. The van der Waals surface area contributed by atoms with Crippen LogP contribution in [0.2, 0.25) is 0 Å². The van der Waals surface area contributed by atoms with E-state index in [2.05, 4.69) is 46.6 Å². The summed E-state index contributed by atoms with van der Waals surface area (Å²) in [5, 5.41) is 4.74. The highest BCUT2D eigenvalue weighted by Gasteiger charge is 2.14. The molecule has 1 unspecified atom stereocenters. The molecule has 1 aliphatic heterocycles. The Labute approximate surface area is 228 Å². The van der Waals surface area contributed by atoms with Crippen molar-refractivity contribution in [3.63, 3.8) is 0 Å². The number of nitrogens with two attached hydrogens (primary N) is 1. The van der Waals surface area contributed by atoms with E-state index in [1.54, 1.807) is 7.11 Å². The first kappa shape index (κ1) is 31.4. The van der Waals surface area contributed by atoms with Crippen LogP contribution in [0.3, 0.4) is 0 Å². The number of likely N-dealkylation sites (tertiary alicyclic amines) is 1. The van der Waals surface area contributed by atoms with Gasteiger partial charge < -0.3 is 20.7 Å². The summed E-state index contributed by atoms with van der Waals surface area (Å²) in [5.74, 6) is 0.845. The molecular weight excluding hydrogens is 503 g/mol. The standard InChI is InChI=1S/C27H36N4O.3ClH/c1-32-22-12-10-21(11-13-22)27-20-24(23-8-3-4-9-26(23)30-27)25(28)14-16-29-15-7-19-31-17-5-2-6-18-31;;;/h3-4,8-13,20,25,29H,2,5-7,14-19,28H2,1H3;3*1H. The maximum absolute atomic E-state index is 6.69. The highest BCUT2D eigenvalue weighted by Crippen LogP contribution is 2.29. The Balaban J connectivity index is 0.00000204. The molecule has 0 bridgehead atoms. The molecule has 3 N–H and O–H groups in total. The van der Waals surface area contributed by atoms with Gasteiger partial charge in [0, 0.05) is 17.0 Å². The molecule has 1 aromatic heterocycles. The summed E-state index contributed by atoms with van der Waals surface area (Å²) in [6.45, 7) is 5.74. The molecule has 0 saturated carbocycles. The first-order chi connectivity index (χ1) is 15.7. The molecule has 0 radical (unpaired) electrons. The highest BCUT2D eigenvalue weighted by molar-refractivity contribution is 5.86. The second-order valence-electron chi connectivity index (χ2n) is 8.74. The van der Waals surface area contributed by atoms with Crippen LogP contribution in [0.1, 0.15) is 43.7 Å². The van der Waals surface area contributed by atoms with Crippen molar-refractivity contribution in [2.45, 2.75) is 38.1 Å². The van der Waals surface area contributed by atoms with Gasteiger partial charge in [0.2, 0.25) is 0 Å². The second kappa shape index (κ2) is 16.2. The fourth-order valence-electron chi connectivity index (χ4n) is 4.57. The number of piperidine rings is 1. The molecule has 1 fully saturated rings. The van der Waals surface area contributed by atoms with Crippen molar-refractivity contribution in [3.8, 4) is 17.0 Å². The number of benzene rings is 2. The molecule has 194 valence electrons. The van der Waals surface area contributed by atoms with E-state index in [9.17, 15) is 0 Å². The van der Waals surface area contributed by atoms with Gasteiger partial charge in [0.25, 0.3) is 0 Å². The zero-order valence-corrected chi connectivity index (χ0v) is 22.9. The Morgan fingerprint density at radius 1 is 0.971 bits per heavy atom. The van der Waals surface area contributed by atoms with Crippen molar-refractivity contribution >= 4 is 48.1 Å². The van der Waals surface area contributed by atoms with Crippen molar-refractivity contribution < 1.29 is 4.74 Å². The molecule has 5 nitrogen and oxygen atoms in total. The van der Waals surface area contributed by atoms with E-state index in [1.165, 1.54) is 45.3 Å². The summed E-state index contributed by atoms with van der Waals surface area (Å²) in [6.07, 6.45) is 6.23. The predicted octanol–water partition coefficient (Wildman–Crippen LogP) is 6.03. The number of nitrogens with zero attached hydrogens (tertiary/aromatic N) is 2. The number of aromatic nitrogens is 1. The molecular formula is C27H39Cl3N4O. The Bertz CT molecular complexity index is 997. The number of hydrogen-bond donors (Lipinski definition) is 2. The van der Waals surface area contributed by atoms with Crippen molar-refractivity contribution in [1.29, 1.82) is 0 Å². The van der Waals surface area contributed by atoms with Crippen molar-refractivity contribution in [1.82, 2.24) is 15.2 Å². The third-order valence-corrected chi connectivity index (χ3v) is 6.44. The van der Waals surface area contributed by atoms with Gasteiger partial charge in [-0.25, -0.2) is 4.98 Å². The molecule has 0 amide bonds. The summed E-state index contributed by atoms with van der Waals surface area (Å²) < 4.78 is 5.29. The minimum Gasteiger partial charge on any atom is -0.497 e. The maximum Gasteiger partial charge on any atom is 0.118 e. The van der Waals surface area contributed by atoms with Crippen LogP contribution in [0.5, 0.6) is 5.75 Å². The summed E-state index contributed by atoms with van der Waals surface area (Å²) in [7, 11) is 1.68. The molecule has 8 heteroatoms. The fourth-order valence-corrected chi connectivity index (χ4v) is 4.57. The third-order valence-electron chi connectivity index (χ3n) is 6.44. The number of nitrogens with one attached hydrogen (secondary N) is 1. The lowest BCUT2D eigenvalue weighted by atomic mass is 9.97. The minimum absolute atomic E-state index is 0. The van der Waals surface area contributed by atoms with Gasteiger partial charge >= 0.3 is 0 Å². The van der Waals surface area contributed by atoms with Crippen LogP contribution in [0, 0.1) is 0 Å². The number of hydrogen-bond acceptors (Lipinski definition) is 5. The lowest BCUT2D eigenvalue weighted by Gasteiger charge is -2.26. The van der Waals surface area contributed by atoms with E-state index in [0.29, 0.717) is 0 Å². The Kier molecular flexibility index (Phi) is 14.6. The smallest absolute Gasteiger partial charge is 0.118 e. The predicted molar refractivity (Wildman–Crippen MR) is 155 cm³/mol. The second-order valence-corrected chi connectivity index (χ2v) is 8.74. The molecule has 35 heavy (non-hydrogen) atoms.